The number of nitriles is 2. The molecule has 1 aliphatic rings. The second-order valence-corrected chi connectivity index (χ2v) is 5.55. The Morgan fingerprint density at radius 1 is 1.32 bits per heavy atom. The van der Waals surface area contributed by atoms with Gasteiger partial charge in [-0.25, -0.2) is 0 Å². The molecule has 5 heteroatoms. The summed E-state index contributed by atoms with van der Waals surface area (Å²) >= 11 is 0. The molecule has 1 aromatic rings. The van der Waals surface area contributed by atoms with Gasteiger partial charge in [-0.05, 0) is 24.0 Å². The maximum Gasteiger partial charge on any atom is 0.226 e. The molecular weight excluding hydrogens is 276 g/mol. The van der Waals surface area contributed by atoms with Crippen LogP contribution in [0.15, 0.2) is 24.3 Å². The number of anilines is 1. The molecule has 0 saturated carbocycles. The highest BCUT2D eigenvalue weighted by Gasteiger charge is 2.22. The summed E-state index contributed by atoms with van der Waals surface area (Å²) in [4.78, 5) is 15.7. The molecule has 1 aliphatic heterocycles. The number of hydrogen-bond donors (Lipinski definition) is 0. The quantitative estimate of drug-likeness (QED) is 0.781. The maximum absolute atomic E-state index is 12.1. The van der Waals surface area contributed by atoms with Crippen molar-refractivity contribution in [2.45, 2.75) is 25.7 Å². The van der Waals surface area contributed by atoms with Gasteiger partial charge in [-0.15, -0.1) is 0 Å². The van der Waals surface area contributed by atoms with Crippen LogP contribution in [0.4, 0.5) is 5.69 Å². The van der Waals surface area contributed by atoms with Gasteiger partial charge >= 0.3 is 0 Å². The van der Waals surface area contributed by atoms with Crippen molar-refractivity contribution in [1.29, 1.82) is 10.5 Å². The number of fused-ring (bicyclic) bond motifs is 1. The number of amides is 1. The molecule has 0 aromatic heterocycles. The first-order chi connectivity index (χ1) is 10.7. The first-order valence-corrected chi connectivity index (χ1v) is 7.53. The molecular formula is C17H20N4O. The van der Waals surface area contributed by atoms with Crippen molar-refractivity contribution in [2.75, 3.05) is 31.1 Å². The van der Waals surface area contributed by atoms with Crippen LogP contribution in [0.1, 0.15) is 31.2 Å². The van der Waals surface area contributed by atoms with E-state index >= 15 is 0 Å². The van der Waals surface area contributed by atoms with Crippen LogP contribution in [0.3, 0.4) is 0 Å². The van der Waals surface area contributed by atoms with Gasteiger partial charge in [0.1, 0.15) is 13.1 Å². The van der Waals surface area contributed by atoms with E-state index < -0.39 is 0 Å². The summed E-state index contributed by atoms with van der Waals surface area (Å²) in [6, 6.07) is 12.2. The van der Waals surface area contributed by atoms with Crippen molar-refractivity contribution >= 4 is 11.6 Å². The number of benzene rings is 1. The van der Waals surface area contributed by atoms with E-state index in [0.717, 1.165) is 13.0 Å². The number of nitrogens with zero attached hydrogens (tertiary/aromatic N) is 4. The van der Waals surface area contributed by atoms with Gasteiger partial charge in [0.2, 0.25) is 5.91 Å². The summed E-state index contributed by atoms with van der Waals surface area (Å²) in [5, 5.41) is 17.4. The lowest BCUT2D eigenvalue weighted by Crippen LogP contribution is -2.37. The summed E-state index contributed by atoms with van der Waals surface area (Å²) in [6.45, 7) is 3.72. The van der Waals surface area contributed by atoms with E-state index in [-0.39, 0.29) is 19.0 Å². The minimum atomic E-state index is -0.140. The fourth-order valence-electron chi connectivity index (χ4n) is 2.84. The highest BCUT2D eigenvalue weighted by atomic mass is 16.2. The maximum atomic E-state index is 12.1. The molecule has 0 spiro atoms. The van der Waals surface area contributed by atoms with Crippen LogP contribution in [-0.2, 0) is 4.79 Å². The number of rotatable bonds is 5. The Balaban J connectivity index is 2.01. The molecule has 1 amide bonds. The lowest BCUT2D eigenvalue weighted by atomic mass is 9.91. The summed E-state index contributed by atoms with van der Waals surface area (Å²) in [5.41, 5.74) is 2.52. The monoisotopic (exact) mass is 296 g/mol. The predicted octanol–water partition coefficient (Wildman–Crippen LogP) is 2.27. The normalized spacial score (nSPS) is 16.3. The molecule has 22 heavy (non-hydrogen) atoms. The topological polar surface area (TPSA) is 71.1 Å². The van der Waals surface area contributed by atoms with Gasteiger partial charge < -0.3 is 9.80 Å². The van der Waals surface area contributed by atoms with Gasteiger partial charge in [-0.1, -0.05) is 25.1 Å². The van der Waals surface area contributed by atoms with Gasteiger partial charge in [0.25, 0.3) is 0 Å². The van der Waals surface area contributed by atoms with Gasteiger partial charge in [-0.2, -0.15) is 10.5 Å². The lowest BCUT2D eigenvalue weighted by Gasteiger charge is -2.34. The van der Waals surface area contributed by atoms with Gasteiger partial charge in [-0.3, -0.25) is 4.79 Å². The minimum absolute atomic E-state index is 0.0278. The highest BCUT2D eigenvalue weighted by molar-refractivity contribution is 5.77. The Hall–Kier alpha value is -2.53. The predicted molar refractivity (Wildman–Crippen MR) is 84.1 cm³/mol. The van der Waals surface area contributed by atoms with Crippen molar-refractivity contribution in [3.8, 4) is 12.1 Å². The SMILES string of the molecule is CC1CCN(CCC(=O)N(CC#N)CC#N)c2ccccc21. The molecule has 0 aliphatic carbocycles. The van der Waals surface area contributed by atoms with E-state index in [4.69, 9.17) is 10.5 Å². The van der Waals surface area contributed by atoms with Crippen LogP contribution in [0.5, 0.6) is 0 Å². The van der Waals surface area contributed by atoms with Crippen LogP contribution < -0.4 is 4.90 Å². The first kappa shape index (κ1) is 15.9. The zero-order chi connectivity index (χ0) is 15.9. The summed E-state index contributed by atoms with van der Waals surface area (Å²) < 4.78 is 0. The van der Waals surface area contributed by atoms with Gasteiger partial charge in [0, 0.05) is 25.2 Å². The van der Waals surface area contributed by atoms with Crippen LogP contribution in [-0.4, -0.2) is 37.0 Å². The number of para-hydroxylation sites is 1. The molecule has 5 nitrogen and oxygen atoms in total. The summed E-state index contributed by atoms with van der Waals surface area (Å²) in [7, 11) is 0. The zero-order valence-corrected chi connectivity index (χ0v) is 12.8. The minimum Gasteiger partial charge on any atom is -0.371 e. The Morgan fingerprint density at radius 3 is 2.68 bits per heavy atom. The smallest absolute Gasteiger partial charge is 0.226 e. The van der Waals surface area contributed by atoms with Gasteiger partial charge in [0.15, 0.2) is 0 Å². The third-order valence-electron chi connectivity index (χ3n) is 4.11. The molecule has 0 radical (unpaired) electrons. The van der Waals surface area contributed by atoms with E-state index in [1.165, 1.54) is 16.2 Å². The van der Waals surface area contributed by atoms with E-state index in [2.05, 4.69) is 24.0 Å². The molecule has 114 valence electrons. The molecule has 1 atom stereocenters. The van der Waals surface area contributed by atoms with Crippen molar-refractivity contribution in [1.82, 2.24) is 4.90 Å². The molecule has 1 heterocycles. The number of carbonyl (C=O) groups excluding carboxylic acids is 1. The summed E-state index contributed by atoms with van der Waals surface area (Å²) in [5.74, 6) is 0.399. The second kappa shape index (κ2) is 7.47. The van der Waals surface area contributed by atoms with Crippen molar-refractivity contribution in [3.63, 3.8) is 0 Å². The third-order valence-corrected chi connectivity index (χ3v) is 4.11. The Kier molecular flexibility index (Phi) is 5.38. The largest absolute Gasteiger partial charge is 0.371 e. The fourth-order valence-corrected chi connectivity index (χ4v) is 2.84. The Bertz CT molecular complexity index is 598. The van der Waals surface area contributed by atoms with Crippen LogP contribution in [0.25, 0.3) is 0 Å². The number of hydrogen-bond acceptors (Lipinski definition) is 4. The highest BCUT2D eigenvalue weighted by Crippen LogP contribution is 2.34. The van der Waals surface area contributed by atoms with E-state index in [9.17, 15) is 4.79 Å². The molecule has 0 fully saturated rings. The Morgan fingerprint density at radius 2 is 2.00 bits per heavy atom. The van der Waals surface area contributed by atoms with Crippen LogP contribution in [0, 0.1) is 22.7 Å². The molecule has 0 saturated heterocycles. The molecule has 0 N–H and O–H groups in total. The molecule has 2 rings (SSSR count). The average molecular weight is 296 g/mol. The standard InChI is InChI=1S/C17H20N4O/c1-14-6-10-20(16-5-3-2-4-15(14)16)11-7-17(22)21(12-8-18)13-9-19/h2-5,14H,6-7,10-13H2,1H3. The molecule has 0 bridgehead atoms. The Labute approximate surface area is 131 Å². The number of carbonyl (C=O) groups is 1. The van der Waals surface area contributed by atoms with E-state index in [0.29, 0.717) is 18.9 Å². The second-order valence-electron chi connectivity index (χ2n) is 5.55. The van der Waals surface area contributed by atoms with Gasteiger partial charge in [0.05, 0.1) is 12.1 Å². The summed E-state index contributed by atoms with van der Waals surface area (Å²) in [6.07, 6.45) is 1.40. The van der Waals surface area contributed by atoms with Crippen LogP contribution in [0.2, 0.25) is 0 Å². The van der Waals surface area contributed by atoms with Crippen molar-refractivity contribution < 1.29 is 4.79 Å². The van der Waals surface area contributed by atoms with E-state index in [1.54, 1.807) is 0 Å². The zero-order valence-electron chi connectivity index (χ0n) is 12.8. The molecule has 1 aromatic carbocycles. The third kappa shape index (κ3) is 3.56. The average Bonchev–Trinajstić information content (AvgIpc) is 2.54. The first-order valence-electron chi connectivity index (χ1n) is 7.53. The fraction of sp³-hybridized carbons (Fsp3) is 0.471. The lowest BCUT2D eigenvalue weighted by molar-refractivity contribution is -0.129. The van der Waals surface area contributed by atoms with Crippen LogP contribution >= 0.6 is 0 Å². The van der Waals surface area contributed by atoms with Crippen molar-refractivity contribution in [3.05, 3.63) is 29.8 Å². The van der Waals surface area contributed by atoms with E-state index in [1.807, 2.05) is 24.3 Å². The van der Waals surface area contributed by atoms with Crippen molar-refractivity contribution in [2.24, 2.45) is 0 Å². The molecule has 1 unspecified atom stereocenters.